The second-order valence-electron chi connectivity index (χ2n) is 5.59. The second kappa shape index (κ2) is 5.53. The fourth-order valence-electron chi connectivity index (χ4n) is 2.69. The van der Waals surface area contributed by atoms with E-state index in [9.17, 15) is 4.79 Å². The van der Waals surface area contributed by atoms with Crippen LogP contribution in [0, 0.1) is 6.92 Å². The van der Waals surface area contributed by atoms with E-state index in [0.29, 0.717) is 0 Å². The molecule has 3 nitrogen and oxygen atoms in total. The summed E-state index contributed by atoms with van der Waals surface area (Å²) in [6, 6.07) is 10.3. The van der Waals surface area contributed by atoms with E-state index >= 15 is 0 Å². The highest BCUT2D eigenvalue weighted by Crippen LogP contribution is 2.28. The lowest BCUT2D eigenvalue weighted by atomic mass is 10.1. The molecule has 0 saturated heterocycles. The number of aryl methyl sites for hydroxylation is 1. The van der Waals surface area contributed by atoms with Crippen LogP contribution in [0.15, 0.2) is 30.3 Å². The first-order chi connectivity index (χ1) is 10.1. The topological polar surface area (TPSA) is 32.3 Å². The average Bonchev–Trinajstić information content (AvgIpc) is 3.12. The molecule has 4 heteroatoms. The van der Waals surface area contributed by atoms with Crippen LogP contribution < -0.4 is 5.32 Å². The lowest BCUT2D eigenvalue weighted by Gasteiger charge is -2.24. The van der Waals surface area contributed by atoms with E-state index in [1.165, 1.54) is 15.3 Å². The molecule has 0 aliphatic carbocycles. The van der Waals surface area contributed by atoms with Crippen molar-refractivity contribution in [1.29, 1.82) is 0 Å². The van der Waals surface area contributed by atoms with Crippen LogP contribution in [-0.4, -0.2) is 24.4 Å². The molecule has 0 radical (unpaired) electrons. The molecule has 3 rings (SSSR count). The summed E-state index contributed by atoms with van der Waals surface area (Å²) in [6.45, 7) is 5.14. The minimum absolute atomic E-state index is 0.0863. The average molecular weight is 300 g/mol. The molecule has 2 aromatic rings. The van der Waals surface area contributed by atoms with E-state index in [-0.39, 0.29) is 11.9 Å². The number of rotatable bonds is 3. The molecule has 1 aliphatic rings. The standard InChI is InChI=1S/C17H20N2OS/c1-11-4-7-16(21-11)12(2)19(3)17(20)14-5-6-15-13(10-14)8-9-18-15/h4-7,10,12,18H,8-9H2,1-3H3/t12-/m0/s1. The molecule has 0 bridgehead atoms. The number of hydrogen-bond donors (Lipinski definition) is 1. The largest absolute Gasteiger partial charge is 0.384 e. The van der Waals surface area contributed by atoms with Gasteiger partial charge in [0.2, 0.25) is 0 Å². The molecule has 1 aromatic carbocycles. The van der Waals surface area contributed by atoms with Gasteiger partial charge >= 0.3 is 0 Å². The van der Waals surface area contributed by atoms with Crippen LogP contribution in [0.1, 0.15) is 38.6 Å². The smallest absolute Gasteiger partial charge is 0.254 e. The third kappa shape index (κ3) is 2.68. The summed E-state index contributed by atoms with van der Waals surface area (Å²) >= 11 is 1.75. The van der Waals surface area contributed by atoms with Crippen LogP contribution in [0.25, 0.3) is 0 Å². The maximum Gasteiger partial charge on any atom is 0.254 e. The minimum Gasteiger partial charge on any atom is -0.384 e. The molecule has 0 spiro atoms. The molecule has 1 amide bonds. The Morgan fingerprint density at radius 3 is 2.86 bits per heavy atom. The van der Waals surface area contributed by atoms with E-state index in [1.54, 1.807) is 11.3 Å². The van der Waals surface area contributed by atoms with Gasteiger partial charge in [0.05, 0.1) is 6.04 Å². The molecular formula is C17H20N2OS. The SMILES string of the molecule is Cc1ccc([C@H](C)N(C)C(=O)c2ccc3c(c2)CCN3)s1. The van der Waals surface area contributed by atoms with E-state index in [1.807, 2.05) is 30.1 Å². The molecule has 0 fully saturated rings. The van der Waals surface area contributed by atoms with Crippen molar-refractivity contribution in [1.82, 2.24) is 4.90 Å². The predicted octanol–water partition coefficient (Wildman–Crippen LogP) is 3.86. The van der Waals surface area contributed by atoms with E-state index in [2.05, 4.69) is 31.3 Å². The van der Waals surface area contributed by atoms with Gasteiger partial charge < -0.3 is 10.2 Å². The van der Waals surface area contributed by atoms with E-state index < -0.39 is 0 Å². The van der Waals surface area contributed by atoms with Crippen LogP contribution in [-0.2, 0) is 6.42 Å². The molecule has 2 heterocycles. The van der Waals surface area contributed by atoms with Gasteiger partial charge in [-0.25, -0.2) is 0 Å². The Morgan fingerprint density at radius 2 is 2.14 bits per heavy atom. The van der Waals surface area contributed by atoms with Gasteiger partial charge in [-0.1, -0.05) is 0 Å². The zero-order chi connectivity index (χ0) is 15.0. The van der Waals surface area contributed by atoms with Gasteiger partial charge in [0.25, 0.3) is 5.91 Å². The molecule has 0 unspecified atom stereocenters. The number of nitrogens with zero attached hydrogens (tertiary/aromatic N) is 1. The first-order valence-electron chi connectivity index (χ1n) is 7.26. The first kappa shape index (κ1) is 14.1. The number of nitrogens with one attached hydrogen (secondary N) is 1. The molecule has 1 atom stereocenters. The lowest BCUT2D eigenvalue weighted by molar-refractivity contribution is 0.0745. The van der Waals surface area contributed by atoms with Crippen molar-refractivity contribution in [3.63, 3.8) is 0 Å². The number of fused-ring (bicyclic) bond motifs is 1. The molecule has 21 heavy (non-hydrogen) atoms. The van der Waals surface area contributed by atoms with Gasteiger partial charge in [-0.15, -0.1) is 11.3 Å². The normalized spacial score (nSPS) is 14.4. The third-order valence-electron chi connectivity index (χ3n) is 4.14. The summed E-state index contributed by atoms with van der Waals surface area (Å²) in [5, 5.41) is 3.32. The number of carbonyl (C=O) groups excluding carboxylic acids is 1. The lowest BCUT2D eigenvalue weighted by Crippen LogP contribution is -2.29. The van der Waals surface area contributed by atoms with Crippen LogP contribution in [0.5, 0.6) is 0 Å². The number of carbonyl (C=O) groups is 1. The molecular weight excluding hydrogens is 280 g/mol. The van der Waals surface area contributed by atoms with Crippen molar-refractivity contribution in [2.24, 2.45) is 0 Å². The maximum absolute atomic E-state index is 12.7. The predicted molar refractivity (Wildman–Crippen MR) is 88.2 cm³/mol. The Hall–Kier alpha value is -1.81. The van der Waals surface area contributed by atoms with E-state index in [4.69, 9.17) is 0 Å². The Morgan fingerprint density at radius 1 is 1.33 bits per heavy atom. The van der Waals surface area contributed by atoms with Crippen LogP contribution in [0.4, 0.5) is 5.69 Å². The monoisotopic (exact) mass is 300 g/mol. The van der Waals surface area contributed by atoms with Gasteiger partial charge in [0, 0.05) is 34.6 Å². The van der Waals surface area contributed by atoms with Gasteiger partial charge in [0.1, 0.15) is 0 Å². The van der Waals surface area contributed by atoms with Crippen molar-refractivity contribution in [2.45, 2.75) is 26.3 Å². The quantitative estimate of drug-likeness (QED) is 0.933. The van der Waals surface area contributed by atoms with Crippen LogP contribution in [0.3, 0.4) is 0 Å². The molecule has 0 saturated carbocycles. The van der Waals surface area contributed by atoms with Crippen LogP contribution in [0.2, 0.25) is 0 Å². The van der Waals surface area contributed by atoms with Crippen LogP contribution >= 0.6 is 11.3 Å². The fraction of sp³-hybridized carbons (Fsp3) is 0.353. The van der Waals surface area contributed by atoms with Gasteiger partial charge in [0.15, 0.2) is 0 Å². The highest BCUT2D eigenvalue weighted by atomic mass is 32.1. The van der Waals surface area contributed by atoms with Crippen molar-refractivity contribution in [3.8, 4) is 0 Å². The minimum atomic E-state index is 0.0863. The highest BCUT2D eigenvalue weighted by molar-refractivity contribution is 7.12. The van der Waals surface area contributed by atoms with Crippen molar-refractivity contribution in [2.75, 3.05) is 18.9 Å². The van der Waals surface area contributed by atoms with Gasteiger partial charge in [-0.2, -0.15) is 0 Å². The van der Waals surface area contributed by atoms with Gasteiger partial charge in [-0.05, 0) is 56.2 Å². The highest BCUT2D eigenvalue weighted by Gasteiger charge is 2.21. The number of amides is 1. The first-order valence-corrected chi connectivity index (χ1v) is 8.08. The molecule has 1 aromatic heterocycles. The summed E-state index contributed by atoms with van der Waals surface area (Å²) < 4.78 is 0. The number of benzene rings is 1. The summed E-state index contributed by atoms with van der Waals surface area (Å²) in [5.74, 6) is 0.0863. The Kier molecular flexibility index (Phi) is 3.72. The summed E-state index contributed by atoms with van der Waals surface area (Å²) in [7, 11) is 1.88. The summed E-state index contributed by atoms with van der Waals surface area (Å²) in [4.78, 5) is 17.0. The molecule has 1 N–H and O–H groups in total. The van der Waals surface area contributed by atoms with Crippen molar-refractivity contribution in [3.05, 3.63) is 51.2 Å². The second-order valence-corrected chi connectivity index (χ2v) is 6.91. The number of hydrogen-bond acceptors (Lipinski definition) is 3. The summed E-state index contributed by atoms with van der Waals surface area (Å²) in [5.41, 5.74) is 3.19. The third-order valence-corrected chi connectivity index (χ3v) is 5.31. The fourth-order valence-corrected chi connectivity index (χ4v) is 3.66. The van der Waals surface area contributed by atoms with Crippen molar-refractivity contribution >= 4 is 22.9 Å². The molecule has 110 valence electrons. The van der Waals surface area contributed by atoms with Crippen molar-refractivity contribution < 1.29 is 4.79 Å². The Bertz CT molecular complexity index is 677. The zero-order valence-corrected chi connectivity index (χ0v) is 13.5. The Balaban J connectivity index is 1.81. The molecule has 1 aliphatic heterocycles. The maximum atomic E-state index is 12.7. The van der Waals surface area contributed by atoms with E-state index in [0.717, 1.165) is 24.2 Å². The number of thiophene rings is 1. The number of anilines is 1. The summed E-state index contributed by atoms with van der Waals surface area (Å²) in [6.07, 6.45) is 1.000. The Labute approximate surface area is 129 Å². The van der Waals surface area contributed by atoms with Gasteiger partial charge in [-0.3, -0.25) is 4.79 Å². The zero-order valence-electron chi connectivity index (χ0n) is 12.6.